The lowest BCUT2D eigenvalue weighted by Crippen LogP contribution is -2.17. The maximum atomic E-state index is 12.5. The Bertz CT molecular complexity index is 1190. The van der Waals surface area contributed by atoms with Crippen LogP contribution < -0.4 is 9.47 Å². The van der Waals surface area contributed by atoms with Gasteiger partial charge in [0.25, 0.3) is 0 Å². The van der Waals surface area contributed by atoms with Crippen molar-refractivity contribution < 1.29 is 27.4 Å². The van der Waals surface area contributed by atoms with Crippen LogP contribution in [0, 0.1) is 22.7 Å². The Labute approximate surface area is 175 Å². The highest BCUT2D eigenvalue weighted by molar-refractivity contribution is 5.97. The monoisotopic (exact) mass is 422 g/mol. The third-order valence-electron chi connectivity index (χ3n) is 4.18. The molecule has 0 N–H and O–H groups in total. The van der Waals surface area contributed by atoms with Gasteiger partial charge in [0.15, 0.2) is 12.4 Å². The Kier molecular flexibility index (Phi) is 6.23. The van der Waals surface area contributed by atoms with E-state index in [-0.39, 0.29) is 23.7 Å². The van der Waals surface area contributed by atoms with E-state index in [1.54, 1.807) is 0 Å². The van der Waals surface area contributed by atoms with E-state index < -0.39 is 12.1 Å². The summed E-state index contributed by atoms with van der Waals surface area (Å²) in [5.74, 6) is -0.564. The molecule has 3 aromatic carbocycles. The van der Waals surface area contributed by atoms with E-state index >= 15 is 0 Å². The molecule has 8 heteroatoms. The second kappa shape index (κ2) is 9.02. The summed E-state index contributed by atoms with van der Waals surface area (Å²) in [6.07, 6.45) is -4.85. The minimum Gasteiger partial charge on any atom is -0.485 e. The third-order valence-corrected chi connectivity index (χ3v) is 4.18. The molecule has 3 rings (SSSR count). The van der Waals surface area contributed by atoms with Crippen LogP contribution in [-0.4, -0.2) is 18.8 Å². The van der Waals surface area contributed by atoms with Crippen LogP contribution in [0.3, 0.4) is 0 Å². The number of nitrogens with zero attached hydrogens (tertiary/aromatic N) is 2. The van der Waals surface area contributed by atoms with Gasteiger partial charge in [-0.05, 0) is 60.2 Å². The van der Waals surface area contributed by atoms with Gasteiger partial charge in [-0.2, -0.15) is 10.5 Å². The Hall–Kier alpha value is -4.30. The maximum Gasteiger partial charge on any atom is 0.573 e. The second-order valence-electron chi connectivity index (χ2n) is 6.30. The number of nitriles is 2. The number of rotatable bonds is 6. The van der Waals surface area contributed by atoms with Crippen molar-refractivity contribution in [2.75, 3.05) is 6.61 Å². The highest BCUT2D eigenvalue weighted by Gasteiger charge is 2.31. The van der Waals surface area contributed by atoms with Crippen molar-refractivity contribution in [2.45, 2.75) is 6.36 Å². The third kappa shape index (κ3) is 5.62. The van der Waals surface area contributed by atoms with Crippen molar-refractivity contribution in [3.05, 3.63) is 83.4 Å². The second-order valence-corrected chi connectivity index (χ2v) is 6.30. The first-order chi connectivity index (χ1) is 14.8. The van der Waals surface area contributed by atoms with Gasteiger partial charge in [0, 0.05) is 11.1 Å². The lowest BCUT2D eigenvalue weighted by Gasteiger charge is -2.14. The molecule has 0 bridgehead atoms. The number of ether oxygens (including phenoxy) is 2. The van der Waals surface area contributed by atoms with E-state index in [9.17, 15) is 23.2 Å². The van der Waals surface area contributed by atoms with Gasteiger partial charge < -0.3 is 9.47 Å². The number of hydrogen-bond acceptors (Lipinski definition) is 5. The Morgan fingerprint density at radius 3 is 2.23 bits per heavy atom. The Balaban J connectivity index is 1.87. The molecule has 0 unspecified atom stereocenters. The number of carbonyl (C=O) groups excluding carboxylic acids is 1. The highest BCUT2D eigenvalue weighted by Crippen LogP contribution is 2.34. The molecule has 154 valence electrons. The number of carbonyl (C=O) groups is 1. The molecule has 0 aromatic heterocycles. The van der Waals surface area contributed by atoms with E-state index in [0.717, 1.165) is 6.07 Å². The summed E-state index contributed by atoms with van der Waals surface area (Å²) in [5, 5.41) is 18.0. The SMILES string of the molecule is N#Cc1ccc(C(=O)COc2ccc(C#N)cc2-c2cccc(OC(F)(F)F)c2)cc1. The average molecular weight is 422 g/mol. The van der Waals surface area contributed by atoms with Gasteiger partial charge in [-0.15, -0.1) is 13.2 Å². The normalized spacial score (nSPS) is 10.6. The van der Waals surface area contributed by atoms with E-state index in [1.165, 1.54) is 60.7 Å². The van der Waals surface area contributed by atoms with Gasteiger partial charge in [-0.1, -0.05) is 12.1 Å². The fourth-order valence-corrected chi connectivity index (χ4v) is 2.77. The maximum absolute atomic E-state index is 12.5. The first-order valence-corrected chi connectivity index (χ1v) is 8.85. The molecule has 0 saturated carbocycles. The zero-order valence-electron chi connectivity index (χ0n) is 15.8. The Morgan fingerprint density at radius 1 is 0.903 bits per heavy atom. The number of benzene rings is 3. The zero-order valence-corrected chi connectivity index (χ0v) is 15.8. The number of hydrogen-bond donors (Lipinski definition) is 0. The number of Topliss-reactive ketones (excluding diaryl/α,β-unsaturated/α-hetero) is 1. The summed E-state index contributed by atoms with van der Waals surface area (Å²) in [6, 6.07) is 19.6. The summed E-state index contributed by atoms with van der Waals surface area (Å²) >= 11 is 0. The lowest BCUT2D eigenvalue weighted by molar-refractivity contribution is -0.274. The average Bonchev–Trinajstić information content (AvgIpc) is 2.76. The standard InChI is InChI=1S/C23H13F3N2O3/c24-23(25,26)31-19-3-1-2-18(11-19)20-10-16(13-28)6-9-22(20)30-14-21(29)17-7-4-15(12-27)5-8-17/h1-11H,14H2. The van der Waals surface area contributed by atoms with Crippen LogP contribution in [0.5, 0.6) is 11.5 Å². The quantitative estimate of drug-likeness (QED) is 0.506. The number of halogens is 3. The van der Waals surface area contributed by atoms with Gasteiger partial charge in [0.05, 0.1) is 23.3 Å². The molecule has 0 aliphatic carbocycles. The molecule has 3 aromatic rings. The number of ketones is 1. The molecule has 0 aliphatic heterocycles. The van der Waals surface area contributed by atoms with E-state index in [0.29, 0.717) is 22.3 Å². The first kappa shape index (κ1) is 21.4. The predicted octanol–water partition coefficient (Wildman–Crippen LogP) is 5.26. The van der Waals surface area contributed by atoms with Crippen LogP contribution in [0.15, 0.2) is 66.7 Å². The van der Waals surface area contributed by atoms with Crippen LogP contribution in [0.1, 0.15) is 21.5 Å². The molecule has 0 saturated heterocycles. The minimum atomic E-state index is -4.85. The van der Waals surface area contributed by atoms with Crippen LogP contribution in [0.4, 0.5) is 13.2 Å². The fraction of sp³-hybridized carbons (Fsp3) is 0.0870. The van der Waals surface area contributed by atoms with Gasteiger partial charge in [0.1, 0.15) is 11.5 Å². The summed E-state index contributed by atoms with van der Waals surface area (Å²) in [6.45, 7) is -0.344. The van der Waals surface area contributed by atoms with Crippen LogP contribution in [0.25, 0.3) is 11.1 Å². The molecule has 0 fully saturated rings. The van der Waals surface area contributed by atoms with Crippen molar-refractivity contribution in [1.29, 1.82) is 10.5 Å². The molecule has 0 amide bonds. The zero-order chi connectivity index (χ0) is 22.4. The predicted molar refractivity (Wildman–Crippen MR) is 104 cm³/mol. The molecule has 0 heterocycles. The molecular weight excluding hydrogens is 409 g/mol. The van der Waals surface area contributed by atoms with Gasteiger partial charge in [-0.25, -0.2) is 0 Å². The van der Waals surface area contributed by atoms with Gasteiger partial charge >= 0.3 is 6.36 Å². The van der Waals surface area contributed by atoms with E-state index in [2.05, 4.69) is 4.74 Å². The fourth-order valence-electron chi connectivity index (χ4n) is 2.77. The molecule has 5 nitrogen and oxygen atoms in total. The van der Waals surface area contributed by atoms with Crippen LogP contribution in [-0.2, 0) is 0 Å². The van der Waals surface area contributed by atoms with E-state index in [4.69, 9.17) is 10.00 Å². The van der Waals surface area contributed by atoms with Gasteiger partial charge in [-0.3, -0.25) is 4.79 Å². The van der Waals surface area contributed by atoms with Crippen molar-refractivity contribution >= 4 is 5.78 Å². The van der Waals surface area contributed by atoms with Crippen LogP contribution in [0.2, 0.25) is 0 Å². The van der Waals surface area contributed by atoms with E-state index in [1.807, 2.05) is 12.1 Å². The molecule has 31 heavy (non-hydrogen) atoms. The van der Waals surface area contributed by atoms with Crippen molar-refractivity contribution in [3.8, 4) is 34.8 Å². The first-order valence-electron chi connectivity index (χ1n) is 8.85. The summed E-state index contributed by atoms with van der Waals surface area (Å²) in [7, 11) is 0. The lowest BCUT2D eigenvalue weighted by atomic mass is 10.0. The smallest absolute Gasteiger partial charge is 0.485 e. The summed E-state index contributed by atoms with van der Waals surface area (Å²) in [5.41, 5.74) is 1.67. The minimum absolute atomic E-state index is 0.213. The van der Waals surface area contributed by atoms with Crippen molar-refractivity contribution in [3.63, 3.8) is 0 Å². The molecule has 0 radical (unpaired) electrons. The number of alkyl halides is 3. The largest absolute Gasteiger partial charge is 0.573 e. The van der Waals surface area contributed by atoms with Gasteiger partial charge in [0.2, 0.25) is 0 Å². The topological polar surface area (TPSA) is 83.1 Å². The van der Waals surface area contributed by atoms with Crippen molar-refractivity contribution in [1.82, 2.24) is 0 Å². The molecule has 0 aliphatic rings. The molecule has 0 atom stereocenters. The van der Waals surface area contributed by atoms with Crippen LogP contribution >= 0.6 is 0 Å². The highest BCUT2D eigenvalue weighted by atomic mass is 19.4. The molecule has 0 spiro atoms. The summed E-state index contributed by atoms with van der Waals surface area (Å²) < 4.78 is 47.2. The summed E-state index contributed by atoms with van der Waals surface area (Å²) in [4.78, 5) is 12.4. The molecular formula is C23H13F3N2O3. The Morgan fingerprint density at radius 2 is 1.58 bits per heavy atom. The van der Waals surface area contributed by atoms with Crippen molar-refractivity contribution in [2.24, 2.45) is 0 Å².